The van der Waals surface area contributed by atoms with Crippen LogP contribution in [0.3, 0.4) is 0 Å². The fourth-order valence-corrected chi connectivity index (χ4v) is 3.24. The SMILES string of the molecule is CCN(C1CNC1)C1CC(C)CCC1C. The molecule has 1 heterocycles. The van der Waals surface area contributed by atoms with Crippen molar-refractivity contribution in [1.82, 2.24) is 10.2 Å². The molecule has 0 aromatic carbocycles. The predicted molar refractivity (Wildman–Crippen MR) is 65.0 cm³/mol. The standard InChI is InChI=1S/C13H26N2/c1-4-15(12-8-14-9-12)13-7-10(2)5-6-11(13)3/h10-14H,4-9H2,1-3H3. The van der Waals surface area contributed by atoms with Crippen molar-refractivity contribution < 1.29 is 0 Å². The van der Waals surface area contributed by atoms with Crippen LogP contribution >= 0.6 is 0 Å². The average molecular weight is 210 g/mol. The lowest BCUT2D eigenvalue weighted by Gasteiger charge is -2.47. The molecule has 2 aliphatic rings. The molecule has 1 aliphatic heterocycles. The summed E-state index contributed by atoms with van der Waals surface area (Å²) < 4.78 is 0. The zero-order valence-electron chi connectivity index (χ0n) is 10.5. The van der Waals surface area contributed by atoms with Gasteiger partial charge in [-0.05, 0) is 31.2 Å². The fraction of sp³-hybridized carbons (Fsp3) is 1.00. The van der Waals surface area contributed by atoms with E-state index >= 15 is 0 Å². The summed E-state index contributed by atoms with van der Waals surface area (Å²) in [6, 6.07) is 1.68. The highest BCUT2D eigenvalue weighted by Crippen LogP contribution is 2.33. The van der Waals surface area contributed by atoms with Crippen LogP contribution in [0.5, 0.6) is 0 Å². The summed E-state index contributed by atoms with van der Waals surface area (Å²) in [7, 11) is 0. The lowest BCUT2D eigenvalue weighted by atomic mass is 9.78. The second-order valence-corrected chi connectivity index (χ2v) is 5.61. The molecule has 1 saturated carbocycles. The molecule has 0 spiro atoms. The van der Waals surface area contributed by atoms with Crippen molar-refractivity contribution in [3.05, 3.63) is 0 Å². The van der Waals surface area contributed by atoms with Gasteiger partial charge in [-0.3, -0.25) is 4.90 Å². The molecule has 0 amide bonds. The van der Waals surface area contributed by atoms with Crippen molar-refractivity contribution in [1.29, 1.82) is 0 Å². The Bertz CT molecular complexity index is 201. The number of hydrogen-bond donors (Lipinski definition) is 1. The van der Waals surface area contributed by atoms with Gasteiger partial charge in [-0.2, -0.15) is 0 Å². The number of rotatable bonds is 3. The Morgan fingerprint density at radius 3 is 2.47 bits per heavy atom. The van der Waals surface area contributed by atoms with Gasteiger partial charge in [-0.1, -0.05) is 27.2 Å². The number of nitrogens with zero attached hydrogens (tertiary/aromatic N) is 1. The van der Waals surface area contributed by atoms with Gasteiger partial charge in [0.2, 0.25) is 0 Å². The Morgan fingerprint density at radius 1 is 1.20 bits per heavy atom. The third-order valence-corrected chi connectivity index (χ3v) is 4.44. The van der Waals surface area contributed by atoms with Gasteiger partial charge in [0.15, 0.2) is 0 Å². The van der Waals surface area contributed by atoms with Crippen LogP contribution in [-0.2, 0) is 0 Å². The van der Waals surface area contributed by atoms with Crippen LogP contribution in [0, 0.1) is 11.8 Å². The average Bonchev–Trinajstić information content (AvgIpc) is 2.15. The molecule has 2 fully saturated rings. The summed E-state index contributed by atoms with van der Waals surface area (Å²) in [5.74, 6) is 1.84. The van der Waals surface area contributed by atoms with Gasteiger partial charge in [0, 0.05) is 25.2 Å². The van der Waals surface area contributed by atoms with Gasteiger partial charge in [-0.25, -0.2) is 0 Å². The van der Waals surface area contributed by atoms with E-state index in [-0.39, 0.29) is 0 Å². The molecule has 15 heavy (non-hydrogen) atoms. The van der Waals surface area contributed by atoms with Crippen molar-refractivity contribution in [3.63, 3.8) is 0 Å². The lowest BCUT2D eigenvalue weighted by molar-refractivity contribution is 0.0369. The second-order valence-electron chi connectivity index (χ2n) is 5.61. The minimum Gasteiger partial charge on any atom is -0.314 e. The van der Waals surface area contributed by atoms with E-state index in [0.717, 1.165) is 23.9 Å². The van der Waals surface area contributed by atoms with Crippen LogP contribution in [0.15, 0.2) is 0 Å². The van der Waals surface area contributed by atoms with E-state index in [9.17, 15) is 0 Å². The smallest absolute Gasteiger partial charge is 0.0348 e. The first-order valence-electron chi connectivity index (χ1n) is 6.68. The third kappa shape index (κ3) is 2.36. The maximum atomic E-state index is 3.40. The summed E-state index contributed by atoms with van der Waals surface area (Å²) in [6.07, 6.45) is 4.30. The summed E-state index contributed by atoms with van der Waals surface area (Å²) in [5.41, 5.74) is 0. The predicted octanol–water partition coefficient (Wildman–Crippen LogP) is 2.10. The number of hydrogen-bond acceptors (Lipinski definition) is 2. The molecule has 0 aromatic rings. The van der Waals surface area contributed by atoms with E-state index in [1.54, 1.807) is 0 Å². The van der Waals surface area contributed by atoms with Gasteiger partial charge in [-0.15, -0.1) is 0 Å². The second kappa shape index (κ2) is 4.84. The van der Waals surface area contributed by atoms with Crippen molar-refractivity contribution in [3.8, 4) is 0 Å². The highest BCUT2D eigenvalue weighted by Gasteiger charge is 2.35. The van der Waals surface area contributed by atoms with Crippen molar-refractivity contribution in [2.45, 2.75) is 52.1 Å². The van der Waals surface area contributed by atoms with E-state index in [0.29, 0.717) is 0 Å². The van der Waals surface area contributed by atoms with Crippen LogP contribution in [0.1, 0.15) is 40.0 Å². The van der Waals surface area contributed by atoms with Gasteiger partial charge in [0.25, 0.3) is 0 Å². The lowest BCUT2D eigenvalue weighted by Crippen LogP contribution is -2.61. The molecule has 2 rings (SSSR count). The van der Waals surface area contributed by atoms with Gasteiger partial charge in [0.05, 0.1) is 0 Å². The summed E-state index contributed by atoms with van der Waals surface area (Å²) in [5, 5.41) is 3.40. The molecule has 3 unspecified atom stereocenters. The zero-order chi connectivity index (χ0) is 10.8. The summed E-state index contributed by atoms with van der Waals surface area (Å²) in [6.45, 7) is 10.9. The Balaban J connectivity index is 1.97. The van der Waals surface area contributed by atoms with Crippen molar-refractivity contribution in [2.75, 3.05) is 19.6 Å². The highest BCUT2D eigenvalue weighted by molar-refractivity contribution is 4.92. The van der Waals surface area contributed by atoms with Crippen LogP contribution in [-0.4, -0.2) is 36.6 Å². The highest BCUT2D eigenvalue weighted by atomic mass is 15.3. The molecule has 1 aliphatic carbocycles. The van der Waals surface area contributed by atoms with Crippen LogP contribution < -0.4 is 5.32 Å². The molecule has 88 valence electrons. The zero-order valence-corrected chi connectivity index (χ0v) is 10.5. The minimum absolute atomic E-state index is 0.827. The summed E-state index contributed by atoms with van der Waals surface area (Å²) >= 11 is 0. The molecule has 3 atom stereocenters. The molecular weight excluding hydrogens is 184 g/mol. The molecule has 0 radical (unpaired) electrons. The Labute approximate surface area is 94.4 Å². The molecule has 0 aromatic heterocycles. The number of likely N-dealkylation sites (N-methyl/N-ethyl adjacent to an activating group) is 1. The van der Waals surface area contributed by atoms with Gasteiger partial charge >= 0.3 is 0 Å². The van der Waals surface area contributed by atoms with Crippen molar-refractivity contribution in [2.24, 2.45) is 11.8 Å². The monoisotopic (exact) mass is 210 g/mol. The maximum Gasteiger partial charge on any atom is 0.0348 e. The third-order valence-electron chi connectivity index (χ3n) is 4.44. The summed E-state index contributed by atoms with van der Waals surface area (Å²) in [4.78, 5) is 2.76. The molecule has 2 heteroatoms. The van der Waals surface area contributed by atoms with Crippen LogP contribution in [0.25, 0.3) is 0 Å². The fourth-order valence-electron chi connectivity index (χ4n) is 3.24. The first-order valence-corrected chi connectivity index (χ1v) is 6.68. The topological polar surface area (TPSA) is 15.3 Å². The van der Waals surface area contributed by atoms with E-state index in [2.05, 4.69) is 31.0 Å². The van der Waals surface area contributed by atoms with E-state index in [1.807, 2.05) is 0 Å². The van der Waals surface area contributed by atoms with Gasteiger partial charge in [0.1, 0.15) is 0 Å². The first-order chi connectivity index (χ1) is 7.22. The maximum absolute atomic E-state index is 3.40. The van der Waals surface area contributed by atoms with E-state index < -0.39 is 0 Å². The Morgan fingerprint density at radius 2 is 1.93 bits per heavy atom. The minimum atomic E-state index is 0.827. The van der Waals surface area contributed by atoms with Crippen LogP contribution in [0.4, 0.5) is 0 Å². The quantitative estimate of drug-likeness (QED) is 0.767. The normalized spacial score (nSPS) is 38.0. The first kappa shape index (κ1) is 11.4. The largest absolute Gasteiger partial charge is 0.314 e. The molecule has 2 nitrogen and oxygen atoms in total. The Kier molecular flexibility index (Phi) is 3.68. The van der Waals surface area contributed by atoms with E-state index in [4.69, 9.17) is 0 Å². The van der Waals surface area contributed by atoms with Crippen molar-refractivity contribution >= 4 is 0 Å². The Hall–Kier alpha value is -0.0800. The molecule has 0 bridgehead atoms. The van der Waals surface area contributed by atoms with E-state index in [1.165, 1.54) is 38.9 Å². The number of nitrogens with one attached hydrogen (secondary N) is 1. The molecular formula is C13H26N2. The molecule has 1 saturated heterocycles. The molecule has 1 N–H and O–H groups in total. The van der Waals surface area contributed by atoms with Gasteiger partial charge < -0.3 is 5.32 Å². The van der Waals surface area contributed by atoms with Crippen LogP contribution in [0.2, 0.25) is 0 Å².